The van der Waals surface area contributed by atoms with Crippen LogP contribution in [0.3, 0.4) is 0 Å². The minimum Gasteiger partial charge on any atom is -0.344 e. The Balaban J connectivity index is 1.78. The van der Waals surface area contributed by atoms with E-state index in [0.29, 0.717) is 0 Å². The zero-order valence-corrected chi connectivity index (χ0v) is 11.2. The molecule has 94 valence electrons. The van der Waals surface area contributed by atoms with E-state index in [1.165, 1.54) is 0 Å². The van der Waals surface area contributed by atoms with Crippen molar-refractivity contribution >= 4 is 16.5 Å². The van der Waals surface area contributed by atoms with E-state index in [4.69, 9.17) is 0 Å². The monoisotopic (exact) mass is 260 g/mol. The molecule has 1 aromatic carbocycles. The quantitative estimate of drug-likeness (QED) is 0.826. The minimum absolute atomic E-state index is 1.00. The van der Waals surface area contributed by atoms with E-state index in [1.807, 2.05) is 18.2 Å². The number of piperazine rings is 1. The summed E-state index contributed by atoms with van der Waals surface area (Å²) in [6.45, 7) is 4.28. The van der Waals surface area contributed by atoms with Gasteiger partial charge in [0, 0.05) is 31.7 Å². The number of aromatic nitrogens is 2. The first kappa shape index (κ1) is 11.6. The van der Waals surface area contributed by atoms with E-state index in [-0.39, 0.29) is 0 Å². The van der Waals surface area contributed by atoms with Crippen molar-refractivity contribution in [3.63, 3.8) is 0 Å². The molecule has 0 amide bonds. The Morgan fingerprint density at radius 1 is 1.00 bits per heavy atom. The van der Waals surface area contributed by atoms with Crippen LogP contribution in [0.25, 0.3) is 10.6 Å². The predicted molar refractivity (Wildman–Crippen MR) is 75.1 cm³/mol. The van der Waals surface area contributed by atoms with Crippen LogP contribution in [0, 0.1) is 0 Å². The Bertz CT molecular complexity index is 503. The summed E-state index contributed by atoms with van der Waals surface area (Å²) in [5.41, 5.74) is 1.15. The highest BCUT2D eigenvalue weighted by atomic mass is 32.1. The van der Waals surface area contributed by atoms with Crippen molar-refractivity contribution in [3.05, 3.63) is 30.3 Å². The van der Waals surface area contributed by atoms with Crippen molar-refractivity contribution in [2.24, 2.45) is 0 Å². The van der Waals surface area contributed by atoms with Crippen LogP contribution in [0.2, 0.25) is 0 Å². The number of rotatable bonds is 2. The second-order valence-electron chi connectivity index (χ2n) is 4.55. The Hall–Kier alpha value is -1.46. The average Bonchev–Trinajstić information content (AvgIpc) is 2.90. The molecule has 1 aliphatic heterocycles. The summed E-state index contributed by atoms with van der Waals surface area (Å²) in [4.78, 5) is 4.67. The van der Waals surface area contributed by atoms with E-state index in [1.54, 1.807) is 11.3 Å². The van der Waals surface area contributed by atoms with Crippen LogP contribution in [0.5, 0.6) is 0 Å². The molecule has 1 aromatic heterocycles. The molecule has 0 atom stereocenters. The van der Waals surface area contributed by atoms with Crippen LogP contribution in [-0.4, -0.2) is 48.3 Å². The highest BCUT2D eigenvalue weighted by Gasteiger charge is 2.18. The largest absolute Gasteiger partial charge is 0.344 e. The predicted octanol–water partition coefficient (Wildman–Crippen LogP) is 1.96. The summed E-state index contributed by atoms with van der Waals surface area (Å²) in [7, 11) is 2.16. The molecular formula is C13H16N4S. The van der Waals surface area contributed by atoms with Gasteiger partial charge in [-0.25, -0.2) is 0 Å². The topological polar surface area (TPSA) is 32.3 Å². The third-order valence-electron chi connectivity index (χ3n) is 3.21. The molecule has 0 saturated carbocycles. The fourth-order valence-electron chi connectivity index (χ4n) is 2.04. The first-order valence-electron chi connectivity index (χ1n) is 6.15. The third-order valence-corrected chi connectivity index (χ3v) is 4.24. The maximum Gasteiger partial charge on any atom is 0.208 e. The van der Waals surface area contributed by atoms with Crippen LogP contribution >= 0.6 is 11.3 Å². The molecular weight excluding hydrogens is 244 g/mol. The van der Waals surface area contributed by atoms with Crippen LogP contribution < -0.4 is 4.90 Å². The molecule has 2 aromatic rings. The van der Waals surface area contributed by atoms with Gasteiger partial charge in [-0.3, -0.25) is 0 Å². The summed E-state index contributed by atoms with van der Waals surface area (Å²) in [6, 6.07) is 10.2. The van der Waals surface area contributed by atoms with Crippen molar-refractivity contribution in [2.75, 3.05) is 38.1 Å². The second kappa shape index (κ2) is 5.04. The first-order chi connectivity index (χ1) is 8.83. The number of benzene rings is 1. The van der Waals surface area contributed by atoms with Crippen LogP contribution in [0.15, 0.2) is 30.3 Å². The lowest BCUT2D eigenvalue weighted by Crippen LogP contribution is -2.44. The minimum atomic E-state index is 1.00. The number of anilines is 1. The Morgan fingerprint density at radius 2 is 1.72 bits per heavy atom. The molecule has 5 heteroatoms. The number of hydrogen-bond donors (Lipinski definition) is 0. The lowest BCUT2D eigenvalue weighted by atomic mass is 10.2. The van der Waals surface area contributed by atoms with Gasteiger partial charge in [-0.1, -0.05) is 41.7 Å². The molecule has 0 N–H and O–H groups in total. The zero-order valence-electron chi connectivity index (χ0n) is 10.4. The maximum atomic E-state index is 4.32. The zero-order chi connectivity index (χ0) is 12.4. The molecule has 1 aliphatic rings. The second-order valence-corrected chi connectivity index (χ2v) is 5.50. The van der Waals surface area contributed by atoms with Gasteiger partial charge in [0.05, 0.1) is 0 Å². The molecule has 18 heavy (non-hydrogen) atoms. The molecule has 2 heterocycles. The highest BCUT2D eigenvalue weighted by molar-refractivity contribution is 7.18. The average molecular weight is 260 g/mol. The smallest absolute Gasteiger partial charge is 0.208 e. The van der Waals surface area contributed by atoms with Crippen LogP contribution in [-0.2, 0) is 0 Å². The molecule has 1 fully saturated rings. The SMILES string of the molecule is CN1CCN(c2nnc(-c3ccccc3)s2)CC1. The van der Waals surface area contributed by atoms with Gasteiger partial charge in [-0.15, -0.1) is 10.2 Å². The van der Waals surface area contributed by atoms with E-state index in [9.17, 15) is 0 Å². The summed E-state index contributed by atoms with van der Waals surface area (Å²) in [5, 5.41) is 10.7. The fourth-order valence-corrected chi connectivity index (χ4v) is 2.94. The molecule has 0 bridgehead atoms. The molecule has 0 aliphatic carbocycles. The molecule has 0 spiro atoms. The van der Waals surface area contributed by atoms with Gasteiger partial charge in [-0.2, -0.15) is 0 Å². The summed E-state index contributed by atoms with van der Waals surface area (Å²) >= 11 is 1.68. The van der Waals surface area contributed by atoms with E-state index in [2.05, 4.69) is 39.2 Å². The maximum absolute atomic E-state index is 4.32. The van der Waals surface area contributed by atoms with Crippen LogP contribution in [0.4, 0.5) is 5.13 Å². The summed E-state index contributed by atoms with van der Waals surface area (Å²) < 4.78 is 0. The summed E-state index contributed by atoms with van der Waals surface area (Å²) in [6.07, 6.45) is 0. The van der Waals surface area contributed by atoms with Gasteiger partial charge in [0.15, 0.2) is 0 Å². The third kappa shape index (κ3) is 2.37. The first-order valence-corrected chi connectivity index (χ1v) is 6.97. The lowest BCUT2D eigenvalue weighted by Gasteiger charge is -2.31. The van der Waals surface area contributed by atoms with Gasteiger partial charge >= 0.3 is 0 Å². The molecule has 4 nitrogen and oxygen atoms in total. The Labute approximate surface area is 111 Å². The number of hydrogen-bond acceptors (Lipinski definition) is 5. The number of nitrogens with zero attached hydrogens (tertiary/aromatic N) is 4. The van der Waals surface area contributed by atoms with Crippen molar-refractivity contribution in [2.45, 2.75) is 0 Å². The van der Waals surface area contributed by atoms with Crippen LogP contribution in [0.1, 0.15) is 0 Å². The van der Waals surface area contributed by atoms with Gasteiger partial charge in [0.2, 0.25) is 5.13 Å². The molecule has 1 saturated heterocycles. The lowest BCUT2D eigenvalue weighted by molar-refractivity contribution is 0.312. The van der Waals surface area contributed by atoms with Gasteiger partial charge in [0.25, 0.3) is 0 Å². The van der Waals surface area contributed by atoms with Crippen molar-refractivity contribution < 1.29 is 0 Å². The van der Waals surface area contributed by atoms with E-state index >= 15 is 0 Å². The molecule has 3 rings (SSSR count). The van der Waals surface area contributed by atoms with Gasteiger partial charge in [0.1, 0.15) is 5.01 Å². The molecule has 0 unspecified atom stereocenters. The van der Waals surface area contributed by atoms with Gasteiger partial charge in [-0.05, 0) is 7.05 Å². The fraction of sp³-hybridized carbons (Fsp3) is 0.385. The van der Waals surface area contributed by atoms with Gasteiger partial charge < -0.3 is 9.80 Å². The Kier molecular flexibility index (Phi) is 3.25. The summed E-state index contributed by atoms with van der Waals surface area (Å²) in [5.74, 6) is 0. The van der Waals surface area contributed by atoms with E-state index in [0.717, 1.165) is 41.9 Å². The van der Waals surface area contributed by atoms with Crippen molar-refractivity contribution in [1.82, 2.24) is 15.1 Å². The Morgan fingerprint density at radius 3 is 2.44 bits per heavy atom. The van der Waals surface area contributed by atoms with Crippen molar-refractivity contribution in [3.8, 4) is 10.6 Å². The highest BCUT2D eigenvalue weighted by Crippen LogP contribution is 2.28. The van der Waals surface area contributed by atoms with E-state index < -0.39 is 0 Å². The van der Waals surface area contributed by atoms with Crippen molar-refractivity contribution in [1.29, 1.82) is 0 Å². The standard InChI is InChI=1S/C13H16N4S/c1-16-7-9-17(10-8-16)13-15-14-12(18-13)11-5-3-2-4-6-11/h2-6H,7-10H2,1H3. The molecule has 0 radical (unpaired) electrons. The normalized spacial score (nSPS) is 17.1. The number of likely N-dealkylation sites (N-methyl/N-ethyl adjacent to an activating group) is 1.